The van der Waals surface area contributed by atoms with E-state index in [1.807, 2.05) is 48.5 Å². The zero-order valence-corrected chi connectivity index (χ0v) is 27.0. The molecule has 230 valence electrons. The van der Waals surface area contributed by atoms with Crippen LogP contribution in [0.15, 0.2) is 152 Å². The van der Waals surface area contributed by atoms with Crippen molar-refractivity contribution in [1.82, 2.24) is 0 Å². The lowest BCUT2D eigenvalue weighted by Crippen LogP contribution is -2.12. The van der Waals surface area contributed by atoms with Crippen LogP contribution in [0.3, 0.4) is 0 Å². The number of carbonyl (C=O) groups is 1. The Kier molecular flexibility index (Phi) is 8.29. The maximum atomic E-state index is 13.3. The van der Waals surface area contributed by atoms with Crippen LogP contribution >= 0.6 is 0 Å². The van der Waals surface area contributed by atoms with Crippen LogP contribution in [0.5, 0.6) is 5.75 Å². The van der Waals surface area contributed by atoms with E-state index in [1.54, 1.807) is 0 Å². The number of aryl methyl sites for hydroxylation is 1. The SMILES string of the molecule is CCc1ccc(C(C)C)cc1-c1ccc(OC(=O)c2ccc(N(c3ccc4ccccc4c3)c3ccc4ccccc4c3)cc2)cc1. The van der Waals surface area contributed by atoms with Crippen molar-refractivity contribution >= 4 is 44.6 Å². The van der Waals surface area contributed by atoms with E-state index in [2.05, 4.69) is 129 Å². The fourth-order valence-corrected chi connectivity index (χ4v) is 6.22. The summed E-state index contributed by atoms with van der Waals surface area (Å²) in [5.74, 6) is 0.594. The molecule has 7 rings (SSSR count). The number of anilines is 3. The fraction of sp³-hybridized carbons (Fsp3) is 0.114. The number of rotatable bonds is 8. The molecule has 0 radical (unpaired) electrons. The number of nitrogens with zero attached hydrogens (tertiary/aromatic N) is 1. The summed E-state index contributed by atoms with van der Waals surface area (Å²) in [5, 5.41) is 4.72. The highest BCUT2D eigenvalue weighted by Crippen LogP contribution is 2.38. The summed E-state index contributed by atoms with van der Waals surface area (Å²) in [6.45, 7) is 6.60. The Morgan fingerprint density at radius 2 is 1.15 bits per heavy atom. The largest absolute Gasteiger partial charge is 0.423 e. The Morgan fingerprint density at radius 1 is 0.596 bits per heavy atom. The first kappa shape index (κ1) is 30.0. The van der Waals surface area contributed by atoms with Gasteiger partial charge >= 0.3 is 5.97 Å². The number of ether oxygens (including phenoxy) is 1. The number of benzene rings is 7. The van der Waals surface area contributed by atoms with E-state index in [-0.39, 0.29) is 5.97 Å². The van der Waals surface area contributed by atoms with Crippen LogP contribution in [0.4, 0.5) is 17.1 Å². The second-order valence-corrected chi connectivity index (χ2v) is 12.3. The summed E-state index contributed by atoms with van der Waals surface area (Å²) in [6.07, 6.45) is 0.958. The van der Waals surface area contributed by atoms with Crippen LogP contribution in [-0.4, -0.2) is 5.97 Å². The van der Waals surface area contributed by atoms with Crippen molar-refractivity contribution in [1.29, 1.82) is 0 Å². The average Bonchev–Trinajstić information content (AvgIpc) is 3.12. The van der Waals surface area contributed by atoms with E-state index < -0.39 is 0 Å². The maximum Gasteiger partial charge on any atom is 0.343 e. The molecule has 0 spiro atoms. The molecule has 0 amide bonds. The monoisotopic (exact) mass is 611 g/mol. The molecule has 0 unspecified atom stereocenters. The minimum absolute atomic E-state index is 0.386. The lowest BCUT2D eigenvalue weighted by atomic mass is 9.92. The fourth-order valence-electron chi connectivity index (χ4n) is 6.22. The van der Waals surface area contributed by atoms with Gasteiger partial charge < -0.3 is 9.64 Å². The molecule has 7 aromatic rings. The summed E-state index contributed by atoms with van der Waals surface area (Å²) in [6, 6.07) is 52.0. The van der Waals surface area contributed by atoms with Gasteiger partial charge in [-0.2, -0.15) is 0 Å². The van der Waals surface area contributed by atoms with E-state index in [0.717, 1.165) is 29.0 Å². The third-order valence-electron chi connectivity index (χ3n) is 8.90. The molecule has 0 aliphatic heterocycles. The van der Waals surface area contributed by atoms with E-state index in [4.69, 9.17) is 4.74 Å². The van der Waals surface area contributed by atoms with Crippen molar-refractivity contribution in [3.05, 3.63) is 168 Å². The summed E-state index contributed by atoms with van der Waals surface area (Å²) in [4.78, 5) is 15.5. The van der Waals surface area contributed by atoms with Crippen LogP contribution in [0.2, 0.25) is 0 Å². The summed E-state index contributed by atoms with van der Waals surface area (Å²) in [7, 11) is 0. The molecule has 3 nitrogen and oxygen atoms in total. The van der Waals surface area contributed by atoms with Gasteiger partial charge in [0, 0.05) is 17.1 Å². The van der Waals surface area contributed by atoms with E-state index in [9.17, 15) is 4.79 Å². The lowest BCUT2D eigenvalue weighted by molar-refractivity contribution is 0.0735. The summed E-state index contributed by atoms with van der Waals surface area (Å²) >= 11 is 0. The molecule has 0 atom stereocenters. The van der Waals surface area contributed by atoms with E-state index in [0.29, 0.717) is 17.2 Å². The van der Waals surface area contributed by atoms with Crippen molar-refractivity contribution in [3.63, 3.8) is 0 Å². The number of hydrogen-bond acceptors (Lipinski definition) is 3. The summed E-state index contributed by atoms with van der Waals surface area (Å²) in [5.41, 5.74) is 8.50. The van der Waals surface area contributed by atoms with Crippen molar-refractivity contribution in [3.8, 4) is 16.9 Å². The first-order chi connectivity index (χ1) is 23.0. The van der Waals surface area contributed by atoms with Crippen molar-refractivity contribution < 1.29 is 9.53 Å². The Morgan fingerprint density at radius 3 is 1.70 bits per heavy atom. The predicted octanol–water partition coefficient (Wildman–Crippen LogP) is 12.0. The van der Waals surface area contributed by atoms with Crippen LogP contribution in [-0.2, 0) is 6.42 Å². The van der Waals surface area contributed by atoms with Crippen molar-refractivity contribution in [2.24, 2.45) is 0 Å². The van der Waals surface area contributed by atoms with Gasteiger partial charge in [0.1, 0.15) is 5.75 Å². The maximum absolute atomic E-state index is 13.3. The number of fused-ring (bicyclic) bond motifs is 2. The van der Waals surface area contributed by atoms with Crippen LogP contribution in [0.25, 0.3) is 32.7 Å². The van der Waals surface area contributed by atoms with Gasteiger partial charge in [-0.25, -0.2) is 4.79 Å². The Balaban J connectivity index is 1.16. The van der Waals surface area contributed by atoms with Crippen molar-refractivity contribution in [2.45, 2.75) is 33.1 Å². The zero-order chi connectivity index (χ0) is 32.3. The van der Waals surface area contributed by atoms with Gasteiger partial charge in [0.2, 0.25) is 0 Å². The highest BCUT2D eigenvalue weighted by Gasteiger charge is 2.16. The molecular formula is C44H37NO2. The number of hydrogen-bond donors (Lipinski definition) is 0. The van der Waals surface area contributed by atoms with Crippen LogP contribution in [0.1, 0.15) is 48.2 Å². The topological polar surface area (TPSA) is 29.5 Å². The van der Waals surface area contributed by atoms with Gasteiger partial charge in [-0.1, -0.05) is 112 Å². The number of esters is 1. The molecule has 0 aliphatic rings. The second-order valence-electron chi connectivity index (χ2n) is 12.3. The standard InChI is InChI=1S/C44H37NO2/c1-4-31-13-14-36(30(2)3)29-43(31)34-19-25-42(26-20-34)47-44(46)35-17-21-39(22-18-35)45(40-23-15-32-9-5-7-11-37(32)27-40)41-24-16-33-10-6-8-12-38(33)28-41/h5-30H,4H2,1-3H3. The quantitative estimate of drug-likeness (QED) is 0.126. The zero-order valence-electron chi connectivity index (χ0n) is 27.0. The molecule has 3 heteroatoms. The highest BCUT2D eigenvalue weighted by molar-refractivity contribution is 5.94. The molecule has 7 aromatic carbocycles. The molecule has 47 heavy (non-hydrogen) atoms. The minimum Gasteiger partial charge on any atom is -0.423 e. The molecule has 0 aliphatic carbocycles. The first-order valence-corrected chi connectivity index (χ1v) is 16.3. The lowest BCUT2D eigenvalue weighted by Gasteiger charge is -2.26. The Bertz CT molecular complexity index is 2120. The van der Waals surface area contributed by atoms with E-state index in [1.165, 1.54) is 38.2 Å². The number of carbonyl (C=O) groups excluding carboxylic acids is 1. The van der Waals surface area contributed by atoms with Gasteiger partial charge in [0.05, 0.1) is 5.56 Å². The molecule has 0 N–H and O–H groups in total. The molecule has 0 aromatic heterocycles. The van der Waals surface area contributed by atoms with Crippen LogP contribution in [0, 0.1) is 0 Å². The Hall–Kier alpha value is -5.67. The molecule has 0 fully saturated rings. The van der Waals surface area contributed by atoms with Gasteiger partial charge in [0.15, 0.2) is 0 Å². The Labute approximate surface area is 276 Å². The van der Waals surface area contributed by atoms with Gasteiger partial charge in [-0.05, 0) is 117 Å². The highest BCUT2D eigenvalue weighted by atomic mass is 16.5. The van der Waals surface area contributed by atoms with Crippen LogP contribution < -0.4 is 9.64 Å². The third-order valence-corrected chi connectivity index (χ3v) is 8.90. The van der Waals surface area contributed by atoms with E-state index >= 15 is 0 Å². The van der Waals surface area contributed by atoms with Gasteiger partial charge in [0.25, 0.3) is 0 Å². The average molecular weight is 612 g/mol. The first-order valence-electron chi connectivity index (χ1n) is 16.3. The third kappa shape index (κ3) is 6.25. The second kappa shape index (κ2) is 13.0. The van der Waals surface area contributed by atoms with Gasteiger partial charge in [-0.3, -0.25) is 0 Å². The normalized spacial score (nSPS) is 11.2. The molecular weight excluding hydrogens is 574 g/mol. The molecule has 0 bridgehead atoms. The minimum atomic E-state index is -0.386. The summed E-state index contributed by atoms with van der Waals surface area (Å²) < 4.78 is 5.82. The van der Waals surface area contributed by atoms with Gasteiger partial charge in [-0.15, -0.1) is 0 Å². The molecule has 0 saturated carbocycles. The van der Waals surface area contributed by atoms with Crippen molar-refractivity contribution in [2.75, 3.05) is 4.90 Å². The predicted molar refractivity (Wildman–Crippen MR) is 196 cm³/mol. The molecule has 0 heterocycles. The smallest absolute Gasteiger partial charge is 0.343 e. The molecule has 0 saturated heterocycles.